The second kappa shape index (κ2) is 9.04. The monoisotopic (exact) mass is 222 g/mol. The van der Waals surface area contributed by atoms with Crippen LogP contribution in [0.4, 0.5) is 0 Å². The molecule has 0 aliphatic heterocycles. The van der Waals surface area contributed by atoms with Gasteiger partial charge in [0, 0.05) is 0 Å². The van der Waals surface area contributed by atoms with Crippen LogP contribution in [0.5, 0.6) is 0 Å². The zero-order valence-electron chi connectivity index (χ0n) is 7.46. The number of rotatable bonds is 2. The van der Waals surface area contributed by atoms with Gasteiger partial charge in [-0.25, -0.2) is 0 Å². The Balaban J connectivity index is -0.000000143. The summed E-state index contributed by atoms with van der Waals surface area (Å²) in [7, 11) is 0. The van der Waals surface area contributed by atoms with E-state index < -0.39 is 11.9 Å². The van der Waals surface area contributed by atoms with Crippen molar-refractivity contribution < 1.29 is 37.2 Å². The molecule has 0 aliphatic rings. The largest absolute Gasteiger partial charge is 2.00 e. The molecule has 0 unspecified atom stereocenters. The molecule has 0 aromatic carbocycles. The summed E-state index contributed by atoms with van der Waals surface area (Å²) in [6.07, 6.45) is 0. The Hall–Kier alpha value is -1.05. The number of carboxylic acids is 2. The average Bonchev–Trinajstić information content (AvgIpc) is 1.88. The van der Waals surface area contributed by atoms with Gasteiger partial charge in [0.15, 0.2) is 0 Å². The van der Waals surface area contributed by atoms with Gasteiger partial charge in [-0.05, 0) is 25.0 Å². The molecule has 0 aromatic rings. The van der Waals surface area contributed by atoms with E-state index in [1.807, 2.05) is 0 Å². The third kappa shape index (κ3) is 18.2. The molecule has 0 N–H and O–H groups in total. The van der Waals surface area contributed by atoms with Crippen molar-refractivity contribution >= 4 is 11.9 Å². The van der Waals surface area contributed by atoms with Crippen LogP contribution in [-0.4, -0.2) is 11.9 Å². The smallest absolute Gasteiger partial charge is 0.545 e. The topological polar surface area (TPSA) is 80.3 Å². The van der Waals surface area contributed by atoms with Crippen LogP contribution in [-0.2, 0) is 27.0 Å². The summed E-state index contributed by atoms with van der Waals surface area (Å²) in [5.74, 6) is -2.37. The predicted octanol–water partition coefficient (Wildman–Crippen LogP) is -1.38. The van der Waals surface area contributed by atoms with E-state index in [0.29, 0.717) is 0 Å². The van der Waals surface area contributed by atoms with Crippen LogP contribution in [0.25, 0.3) is 0 Å². The molecule has 13 heavy (non-hydrogen) atoms. The van der Waals surface area contributed by atoms with Gasteiger partial charge >= 0.3 is 17.4 Å². The Morgan fingerprint density at radius 1 is 0.923 bits per heavy atom. The number of aliphatic carboxylic acids is 2. The van der Waals surface area contributed by atoms with Crippen molar-refractivity contribution in [1.82, 2.24) is 0 Å². The van der Waals surface area contributed by atoms with Gasteiger partial charge < -0.3 is 19.8 Å². The first-order valence-electron chi connectivity index (χ1n) is 3.02. The first-order chi connectivity index (χ1) is 5.29. The van der Waals surface area contributed by atoms with Crippen molar-refractivity contribution in [2.45, 2.75) is 13.8 Å². The molecule has 0 amide bonds. The summed E-state index contributed by atoms with van der Waals surface area (Å²) in [6, 6.07) is 0. The Morgan fingerprint density at radius 3 is 1.00 bits per heavy atom. The first kappa shape index (κ1) is 17.9. The van der Waals surface area contributed by atoms with Gasteiger partial charge in [-0.3, -0.25) is 0 Å². The second-order valence-corrected chi connectivity index (χ2v) is 2.14. The maximum absolute atomic E-state index is 9.49. The van der Waals surface area contributed by atoms with E-state index in [-0.39, 0.29) is 28.5 Å². The maximum Gasteiger partial charge on any atom is 2.00 e. The Morgan fingerprint density at radius 2 is 1.00 bits per heavy atom. The van der Waals surface area contributed by atoms with E-state index in [0.717, 1.165) is 0 Å². The van der Waals surface area contributed by atoms with Gasteiger partial charge in [-0.1, -0.05) is 13.2 Å². The van der Waals surface area contributed by atoms with Gasteiger partial charge in [0.2, 0.25) is 0 Å². The minimum Gasteiger partial charge on any atom is -0.545 e. The molecule has 0 saturated carbocycles. The number of carboxylic acid groups (broad SMARTS) is 2. The molecule has 72 valence electrons. The summed E-state index contributed by atoms with van der Waals surface area (Å²) in [5.41, 5.74) is 0.130. The molecule has 0 bridgehead atoms. The van der Waals surface area contributed by atoms with E-state index in [4.69, 9.17) is 0 Å². The molecular formula is C8H10CrO4. The molecule has 0 rings (SSSR count). The van der Waals surface area contributed by atoms with E-state index in [1.165, 1.54) is 13.8 Å². The van der Waals surface area contributed by atoms with Crippen molar-refractivity contribution in [1.29, 1.82) is 0 Å². The van der Waals surface area contributed by atoms with Crippen LogP contribution in [0.15, 0.2) is 24.3 Å². The summed E-state index contributed by atoms with van der Waals surface area (Å²) >= 11 is 0. The average molecular weight is 222 g/mol. The number of hydrogen-bond acceptors (Lipinski definition) is 4. The molecule has 0 aromatic heterocycles. The Bertz CT molecular complexity index is 172. The Kier molecular flexibility index (Phi) is 12.4. The zero-order valence-corrected chi connectivity index (χ0v) is 8.73. The van der Waals surface area contributed by atoms with Crippen molar-refractivity contribution in [3.63, 3.8) is 0 Å². The molecule has 0 spiro atoms. The minimum atomic E-state index is -1.19. The maximum atomic E-state index is 9.49. The molecular weight excluding hydrogens is 212 g/mol. The number of carbonyl (C=O) groups is 2. The second-order valence-electron chi connectivity index (χ2n) is 2.14. The zero-order chi connectivity index (χ0) is 10.3. The quantitative estimate of drug-likeness (QED) is 0.539. The van der Waals surface area contributed by atoms with Gasteiger partial charge in [0.05, 0.1) is 11.9 Å². The van der Waals surface area contributed by atoms with Gasteiger partial charge in [0.25, 0.3) is 0 Å². The summed E-state index contributed by atoms with van der Waals surface area (Å²) < 4.78 is 0. The van der Waals surface area contributed by atoms with Crippen LogP contribution in [0, 0.1) is 0 Å². The van der Waals surface area contributed by atoms with E-state index >= 15 is 0 Å². The van der Waals surface area contributed by atoms with E-state index in [9.17, 15) is 19.8 Å². The third-order valence-electron chi connectivity index (χ3n) is 0.697. The molecule has 4 nitrogen and oxygen atoms in total. The molecule has 0 radical (unpaired) electrons. The van der Waals surface area contributed by atoms with Crippen LogP contribution in [0.3, 0.4) is 0 Å². The van der Waals surface area contributed by atoms with Gasteiger partial charge in [-0.2, -0.15) is 0 Å². The molecule has 0 aliphatic carbocycles. The van der Waals surface area contributed by atoms with E-state index in [1.54, 1.807) is 0 Å². The van der Waals surface area contributed by atoms with Crippen LogP contribution in [0.2, 0.25) is 0 Å². The molecule has 0 saturated heterocycles. The Labute approximate surface area is 87.7 Å². The molecule has 0 heterocycles. The molecule has 0 atom stereocenters. The summed E-state index contributed by atoms with van der Waals surface area (Å²) in [4.78, 5) is 19.0. The summed E-state index contributed by atoms with van der Waals surface area (Å²) in [5, 5.41) is 19.0. The fourth-order valence-corrected chi connectivity index (χ4v) is 0. The molecule has 0 fully saturated rings. The van der Waals surface area contributed by atoms with Crippen LogP contribution in [0.1, 0.15) is 13.8 Å². The fourth-order valence-electron chi connectivity index (χ4n) is 0. The van der Waals surface area contributed by atoms with Crippen molar-refractivity contribution in [2.75, 3.05) is 0 Å². The first-order valence-corrected chi connectivity index (χ1v) is 3.02. The van der Waals surface area contributed by atoms with Crippen molar-refractivity contribution in [3.8, 4) is 0 Å². The standard InChI is InChI=1S/2C4H6O2.Cr/c2*1-3(2)4(5)6;/h2*1H2,2H3,(H,5,6);/q;;+2/p-2. The fraction of sp³-hybridized carbons (Fsp3) is 0.250. The van der Waals surface area contributed by atoms with Gasteiger partial charge in [-0.15, -0.1) is 0 Å². The molecule has 5 heteroatoms. The van der Waals surface area contributed by atoms with Crippen LogP contribution < -0.4 is 10.2 Å². The van der Waals surface area contributed by atoms with Gasteiger partial charge in [0.1, 0.15) is 0 Å². The third-order valence-corrected chi connectivity index (χ3v) is 0.697. The number of hydrogen-bond donors (Lipinski definition) is 0. The van der Waals surface area contributed by atoms with Crippen molar-refractivity contribution in [2.24, 2.45) is 0 Å². The van der Waals surface area contributed by atoms with Crippen molar-refractivity contribution in [3.05, 3.63) is 24.3 Å². The van der Waals surface area contributed by atoms with E-state index in [2.05, 4.69) is 13.2 Å². The summed E-state index contributed by atoms with van der Waals surface area (Å²) in [6.45, 7) is 8.95. The number of carbonyl (C=O) groups excluding carboxylic acids is 2. The minimum absolute atomic E-state index is 0. The SMILES string of the molecule is C=C(C)C(=O)[O-].C=C(C)C(=O)[O-].[Cr+2]. The normalized spacial score (nSPS) is 6.92. The van der Waals surface area contributed by atoms with Crippen LogP contribution >= 0.6 is 0 Å². The predicted molar refractivity (Wildman–Crippen MR) is 39.6 cm³/mol.